The molecule has 1 heterocycles. The van der Waals surface area contributed by atoms with Gasteiger partial charge < -0.3 is 14.2 Å². The first-order valence-corrected chi connectivity index (χ1v) is 12.1. The Labute approximate surface area is 204 Å². The molecule has 0 bridgehead atoms. The third-order valence-electron chi connectivity index (χ3n) is 6.34. The van der Waals surface area contributed by atoms with Gasteiger partial charge in [-0.1, -0.05) is 85.7 Å². The van der Waals surface area contributed by atoms with Crippen LogP contribution >= 0.6 is 0 Å². The van der Waals surface area contributed by atoms with Crippen LogP contribution in [-0.2, 0) is 19.0 Å². The Morgan fingerprint density at radius 1 is 1.06 bits per heavy atom. The van der Waals surface area contributed by atoms with Gasteiger partial charge in [0.2, 0.25) is 0 Å². The minimum atomic E-state index is -0.412. The Balaban J connectivity index is 1.47. The number of carbonyl (C=O) groups is 1. The lowest BCUT2D eigenvalue weighted by Crippen LogP contribution is -2.34. The summed E-state index contributed by atoms with van der Waals surface area (Å²) in [5.74, 6) is -0.389. The van der Waals surface area contributed by atoms with E-state index in [0.717, 1.165) is 16.7 Å². The van der Waals surface area contributed by atoms with Gasteiger partial charge in [-0.25, -0.2) is 4.79 Å². The van der Waals surface area contributed by atoms with Crippen molar-refractivity contribution in [1.29, 1.82) is 0 Å². The fourth-order valence-corrected chi connectivity index (χ4v) is 4.42. The summed E-state index contributed by atoms with van der Waals surface area (Å²) in [5.41, 5.74) is 6.15. The lowest BCUT2D eigenvalue weighted by atomic mass is 9.72. The molecule has 4 nitrogen and oxygen atoms in total. The van der Waals surface area contributed by atoms with Gasteiger partial charge in [-0.15, -0.1) is 0 Å². The predicted octanol–water partition coefficient (Wildman–Crippen LogP) is 7.18. The van der Waals surface area contributed by atoms with Crippen molar-refractivity contribution in [3.8, 4) is 0 Å². The van der Waals surface area contributed by atoms with Gasteiger partial charge in [-0.2, -0.15) is 0 Å². The molecule has 1 saturated heterocycles. The van der Waals surface area contributed by atoms with Crippen LogP contribution in [0, 0.1) is 5.41 Å². The zero-order chi connectivity index (χ0) is 24.6. The number of hydrogen-bond acceptors (Lipinski definition) is 4. The number of ether oxygens (including phenoxy) is 3. The van der Waals surface area contributed by atoms with Crippen LogP contribution in [0.2, 0.25) is 0 Å². The third kappa shape index (κ3) is 7.68. The third-order valence-corrected chi connectivity index (χ3v) is 6.34. The molecule has 1 fully saturated rings. The van der Waals surface area contributed by atoms with Gasteiger partial charge in [-0.05, 0) is 56.6 Å². The molecule has 0 unspecified atom stereocenters. The highest BCUT2D eigenvalue weighted by Crippen LogP contribution is 2.40. The van der Waals surface area contributed by atoms with E-state index >= 15 is 0 Å². The number of carbonyl (C=O) groups excluding carboxylic acids is 1. The lowest BCUT2D eigenvalue weighted by Gasteiger charge is -2.32. The van der Waals surface area contributed by atoms with Crippen molar-refractivity contribution >= 4 is 5.97 Å². The summed E-state index contributed by atoms with van der Waals surface area (Å²) in [5, 5.41) is 0. The molecule has 1 aliphatic heterocycles. The van der Waals surface area contributed by atoms with Crippen molar-refractivity contribution < 1.29 is 19.0 Å². The zero-order valence-electron chi connectivity index (χ0n) is 21.2. The number of hydrogen-bond donors (Lipinski definition) is 0. The second kappa shape index (κ2) is 12.1. The second-order valence-corrected chi connectivity index (χ2v) is 9.89. The molecule has 1 aromatic rings. The summed E-state index contributed by atoms with van der Waals surface area (Å²) >= 11 is 0. The summed E-state index contributed by atoms with van der Waals surface area (Å²) in [7, 11) is 0. The molecule has 0 N–H and O–H groups in total. The van der Waals surface area contributed by atoms with Crippen LogP contribution in [0.15, 0.2) is 89.1 Å². The molecule has 2 aliphatic rings. The molecule has 0 saturated carbocycles. The Kier molecular flexibility index (Phi) is 9.26. The molecule has 34 heavy (non-hydrogen) atoms. The molecule has 0 atom stereocenters. The van der Waals surface area contributed by atoms with Crippen molar-refractivity contribution in [3.63, 3.8) is 0 Å². The largest absolute Gasteiger partial charge is 0.454 e. The van der Waals surface area contributed by atoms with Gasteiger partial charge in [0.1, 0.15) is 6.10 Å². The van der Waals surface area contributed by atoms with Gasteiger partial charge in [0.25, 0.3) is 0 Å². The fourth-order valence-electron chi connectivity index (χ4n) is 4.42. The Morgan fingerprint density at radius 3 is 2.44 bits per heavy atom. The average molecular weight is 463 g/mol. The molecule has 1 aliphatic carbocycles. The van der Waals surface area contributed by atoms with Crippen LogP contribution in [0.3, 0.4) is 0 Å². The van der Waals surface area contributed by atoms with Crippen LogP contribution in [0.1, 0.15) is 65.7 Å². The maximum atomic E-state index is 12.3. The molecule has 3 rings (SSSR count). The molecule has 4 heteroatoms. The fraction of sp³-hybridized carbons (Fsp3) is 0.433. The SMILES string of the molecule is CC1=C(/C=C/C(C)=C/C=C/C(C)=C/C(=O)OC2COC(c3ccccc3)OC2)C(C)(C)CCC1. The van der Waals surface area contributed by atoms with E-state index in [1.165, 1.54) is 36.5 Å². The summed E-state index contributed by atoms with van der Waals surface area (Å²) in [4.78, 5) is 12.3. The van der Waals surface area contributed by atoms with E-state index in [4.69, 9.17) is 14.2 Å². The first-order chi connectivity index (χ1) is 16.2. The Bertz CT molecular complexity index is 984. The molecule has 182 valence electrons. The van der Waals surface area contributed by atoms with E-state index in [1.54, 1.807) is 0 Å². The smallest absolute Gasteiger partial charge is 0.331 e. The minimum Gasteiger partial charge on any atom is -0.454 e. The van der Waals surface area contributed by atoms with Crippen molar-refractivity contribution in [3.05, 3.63) is 94.6 Å². The van der Waals surface area contributed by atoms with E-state index in [-0.39, 0.29) is 11.4 Å². The van der Waals surface area contributed by atoms with Crippen molar-refractivity contribution in [2.45, 2.75) is 66.3 Å². The highest BCUT2D eigenvalue weighted by Gasteiger charge is 2.27. The Morgan fingerprint density at radius 2 is 1.76 bits per heavy atom. The van der Waals surface area contributed by atoms with Gasteiger partial charge in [-0.3, -0.25) is 0 Å². The summed E-state index contributed by atoms with van der Waals surface area (Å²) in [6.45, 7) is 11.5. The normalized spacial score (nSPS) is 24.1. The van der Waals surface area contributed by atoms with Crippen LogP contribution < -0.4 is 0 Å². The van der Waals surface area contributed by atoms with E-state index < -0.39 is 12.4 Å². The number of benzene rings is 1. The average Bonchev–Trinajstić information content (AvgIpc) is 2.79. The molecule has 0 radical (unpaired) electrons. The van der Waals surface area contributed by atoms with E-state index in [0.29, 0.717) is 13.2 Å². The highest BCUT2D eigenvalue weighted by atomic mass is 16.7. The monoisotopic (exact) mass is 462 g/mol. The van der Waals surface area contributed by atoms with Crippen LogP contribution in [0.5, 0.6) is 0 Å². The quantitative estimate of drug-likeness (QED) is 0.245. The standard InChI is InChI=1S/C30H38O4/c1-22(16-17-27-24(3)13-10-18-30(27,4)5)11-9-12-23(2)19-28(31)34-26-20-32-29(33-21-26)25-14-7-6-8-15-25/h6-9,11-12,14-17,19,26,29H,10,13,18,20-21H2,1-5H3/b12-9+,17-16+,22-11+,23-19+. The first kappa shape index (κ1) is 25.9. The maximum Gasteiger partial charge on any atom is 0.331 e. The van der Waals surface area contributed by atoms with Crippen molar-refractivity contribution in [2.24, 2.45) is 5.41 Å². The van der Waals surface area contributed by atoms with E-state index in [2.05, 4.69) is 45.9 Å². The van der Waals surface area contributed by atoms with Gasteiger partial charge in [0.15, 0.2) is 6.29 Å². The number of rotatable bonds is 7. The minimum absolute atomic E-state index is 0.242. The molecule has 0 aromatic heterocycles. The summed E-state index contributed by atoms with van der Waals surface area (Å²) in [6.07, 6.45) is 14.7. The van der Waals surface area contributed by atoms with Crippen LogP contribution in [-0.4, -0.2) is 25.3 Å². The molecule has 0 spiro atoms. The highest BCUT2D eigenvalue weighted by molar-refractivity contribution is 5.83. The molecular formula is C30H38O4. The topological polar surface area (TPSA) is 44.8 Å². The number of allylic oxidation sites excluding steroid dienone is 9. The summed E-state index contributed by atoms with van der Waals surface area (Å²) in [6, 6.07) is 9.74. The molecule has 1 aromatic carbocycles. The number of esters is 1. The van der Waals surface area contributed by atoms with E-state index in [9.17, 15) is 4.79 Å². The Hall–Kier alpha value is -2.69. The second-order valence-electron chi connectivity index (χ2n) is 9.89. The van der Waals surface area contributed by atoms with Crippen LogP contribution in [0.4, 0.5) is 0 Å². The molecular weight excluding hydrogens is 424 g/mol. The van der Waals surface area contributed by atoms with Gasteiger partial charge >= 0.3 is 5.97 Å². The maximum absolute atomic E-state index is 12.3. The predicted molar refractivity (Wildman–Crippen MR) is 137 cm³/mol. The van der Waals surface area contributed by atoms with E-state index in [1.807, 2.05) is 49.4 Å². The van der Waals surface area contributed by atoms with Gasteiger partial charge in [0.05, 0.1) is 13.2 Å². The van der Waals surface area contributed by atoms with Gasteiger partial charge in [0, 0.05) is 11.6 Å². The van der Waals surface area contributed by atoms with Crippen molar-refractivity contribution in [2.75, 3.05) is 13.2 Å². The molecule has 0 amide bonds. The lowest BCUT2D eigenvalue weighted by molar-refractivity contribution is -0.228. The van der Waals surface area contributed by atoms with Crippen molar-refractivity contribution in [1.82, 2.24) is 0 Å². The van der Waals surface area contributed by atoms with Crippen LogP contribution in [0.25, 0.3) is 0 Å². The first-order valence-electron chi connectivity index (χ1n) is 12.1. The summed E-state index contributed by atoms with van der Waals surface area (Å²) < 4.78 is 16.9. The zero-order valence-corrected chi connectivity index (χ0v) is 21.2.